The van der Waals surface area contributed by atoms with Crippen molar-refractivity contribution in [3.63, 3.8) is 0 Å². The molecule has 106 valence electrons. The van der Waals surface area contributed by atoms with Crippen molar-refractivity contribution in [1.29, 1.82) is 0 Å². The number of benzene rings is 2. The fourth-order valence-electron chi connectivity index (χ4n) is 1.73. The first-order chi connectivity index (χ1) is 9.49. The first-order valence-corrected chi connectivity index (χ1v) is 6.47. The molecule has 0 saturated carbocycles. The lowest BCUT2D eigenvalue weighted by atomic mass is 10.1. The van der Waals surface area contributed by atoms with Gasteiger partial charge in [0.15, 0.2) is 11.6 Å². The molecule has 2 rings (SSSR count). The van der Waals surface area contributed by atoms with Crippen LogP contribution in [0.5, 0.6) is 5.75 Å². The van der Waals surface area contributed by atoms with Gasteiger partial charge in [0.1, 0.15) is 12.4 Å². The molecule has 0 fully saturated rings. The Bertz CT molecular complexity index is 617. The maximum absolute atomic E-state index is 13.8. The molecular formula is C15H14ClF2NO. The first-order valence-electron chi connectivity index (χ1n) is 6.09. The molecule has 2 N–H and O–H groups in total. The summed E-state index contributed by atoms with van der Waals surface area (Å²) in [4.78, 5) is 0. The summed E-state index contributed by atoms with van der Waals surface area (Å²) in [6.07, 6.45) is 0. The zero-order valence-corrected chi connectivity index (χ0v) is 11.6. The third kappa shape index (κ3) is 3.26. The van der Waals surface area contributed by atoms with E-state index in [4.69, 9.17) is 22.1 Å². The summed E-state index contributed by atoms with van der Waals surface area (Å²) in [5, 5.41) is -0.0138. The van der Waals surface area contributed by atoms with Gasteiger partial charge in [-0.1, -0.05) is 29.8 Å². The van der Waals surface area contributed by atoms with Crippen molar-refractivity contribution in [2.45, 2.75) is 19.6 Å². The predicted octanol–water partition coefficient (Wildman–Crippen LogP) is 4.22. The molecule has 0 aliphatic rings. The molecule has 0 aliphatic heterocycles. The van der Waals surface area contributed by atoms with Crippen LogP contribution in [0.4, 0.5) is 8.78 Å². The van der Waals surface area contributed by atoms with Gasteiger partial charge in [0.05, 0.1) is 5.02 Å². The van der Waals surface area contributed by atoms with Crippen molar-refractivity contribution in [3.05, 3.63) is 64.2 Å². The Morgan fingerprint density at radius 2 is 1.95 bits per heavy atom. The molecule has 0 saturated heterocycles. The molecule has 0 aromatic heterocycles. The molecule has 1 unspecified atom stereocenters. The lowest BCUT2D eigenvalue weighted by Crippen LogP contribution is -2.06. The van der Waals surface area contributed by atoms with E-state index in [2.05, 4.69) is 0 Å². The van der Waals surface area contributed by atoms with Crippen molar-refractivity contribution in [3.8, 4) is 5.75 Å². The Morgan fingerprint density at radius 1 is 1.20 bits per heavy atom. The monoisotopic (exact) mass is 297 g/mol. The smallest absolute Gasteiger partial charge is 0.165 e. The molecule has 5 heteroatoms. The third-order valence-corrected chi connectivity index (χ3v) is 3.32. The van der Waals surface area contributed by atoms with Gasteiger partial charge in [0.25, 0.3) is 0 Å². The molecule has 0 aliphatic carbocycles. The highest BCUT2D eigenvalue weighted by Crippen LogP contribution is 2.24. The highest BCUT2D eigenvalue weighted by Gasteiger charge is 2.10. The highest BCUT2D eigenvalue weighted by atomic mass is 35.5. The topological polar surface area (TPSA) is 35.2 Å². The fraction of sp³-hybridized carbons (Fsp3) is 0.200. The van der Waals surface area contributed by atoms with Crippen molar-refractivity contribution >= 4 is 11.6 Å². The number of ether oxygens (including phenoxy) is 1. The Morgan fingerprint density at radius 3 is 2.60 bits per heavy atom. The van der Waals surface area contributed by atoms with Gasteiger partial charge >= 0.3 is 0 Å². The molecule has 2 aromatic carbocycles. The van der Waals surface area contributed by atoms with Gasteiger partial charge in [-0.3, -0.25) is 0 Å². The van der Waals surface area contributed by atoms with Gasteiger partial charge in [-0.05, 0) is 30.7 Å². The molecule has 2 aromatic rings. The summed E-state index contributed by atoms with van der Waals surface area (Å²) in [5.74, 6) is -0.956. The van der Waals surface area contributed by atoms with E-state index < -0.39 is 11.6 Å². The summed E-state index contributed by atoms with van der Waals surface area (Å²) in [6.45, 7) is 1.76. The van der Waals surface area contributed by atoms with E-state index in [9.17, 15) is 8.78 Å². The van der Waals surface area contributed by atoms with E-state index in [-0.39, 0.29) is 23.4 Å². The average Bonchev–Trinajstić information content (AvgIpc) is 2.41. The van der Waals surface area contributed by atoms with Crippen LogP contribution >= 0.6 is 11.6 Å². The number of hydrogen-bond acceptors (Lipinski definition) is 2. The van der Waals surface area contributed by atoms with Crippen LogP contribution in [0.25, 0.3) is 0 Å². The normalized spacial score (nSPS) is 12.2. The second-order valence-corrected chi connectivity index (χ2v) is 4.86. The second-order valence-electron chi connectivity index (χ2n) is 4.48. The first kappa shape index (κ1) is 14.8. The van der Waals surface area contributed by atoms with Crippen molar-refractivity contribution in [1.82, 2.24) is 0 Å². The van der Waals surface area contributed by atoms with Gasteiger partial charge in [0.2, 0.25) is 0 Å². The lowest BCUT2D eigenvalue weighted by Gasteiger charge is -2.11. The van der Waals surface area contributed by atoms with Gasteiger partial charge in [-0.15, -0.1) is 0 Å². The van der Waals surface area contributed by atoms with E-state index in [1.807, 2.05) is 0 Å². The Hall–Kier alpha value is -1.65. The van der Waals surface area contributed by atoms with Crippen LogP contribution in [0.2, 0.25) is 5.02 Å². The molecule has 0 amide bonds. The van der Waals surface area contributed by atoms with Crippen LogP contribution in [-0.4, -0.2) is 0 Å². The summed E-state index contributed by atoms with van der Waals surface area (Å²) in [5.41, 5.74) is 6.81. The predicted molar refractivity (Wildman–Crippen MR) is 74.7 cm³/mol. The summed E-state index contributed by atoms with van der Waals surface area (Å²) < 4.78 is 32.4. The van der Waals surface area contributed by atoms with E-state index in [1.165, 1.54) is 24.3 Å². The van der Waals surface area contributed by atoms with Crippen LogP contribution in [0, 0.1) is 11.6 Å². The molecule has 0 heterocycles. The molecule has 1 atom stereocenters. The molecule has 2 nitrogen and oxygen atoms in total. The zero-order chi connectivity index (χ0) is 14.7. The molecule has 20 heavy (non-hydrogen) atoms. The quantitative estimate of drug-likeness (QED) is 0.917. The van der Waals surface area contributed by atoms with E-state index in [0.29, 0.717) is 11.1 Å². The molecular weight excluding hydrogens is 284 g/mol. The van der Waals surface area contributed by atoms with Gasteiger partial charge < -0.3 is 10.5 Å². The van der Waals surface area contributed by atoms with Crippen LogP contribution in [0.15, 0.2) is 36.4 Å². The lowest BCUT2D eigenvalue weighted by molar-refractivity contribution is 0.289. The van der Waals surface area contributed by atoms with Crippen LogP contribution in [0.1, 0.15) is 24.1 Å². The van der Waals surface area contributed by atoms with Gasteiger partial charge in [-0.25, -0.2) is 8.78 Å². The average molecular weight is 298 g/mol. The van der Waals surface area contributed by atoms with Crippen LogP contribution in [-0.2, 0) is 6.61 Å². The standard InChI is InChI=1S/C15H14ClF2NO/c1-9(19)10-5-6-14(13(18)7-10)20-8-11-3-2-4-12(17)15(11)16/h2-7,9H,8,19H2,1H3. The summed E-state index contributed by atoms with van der Waals surface area (Å²) >= 11 is 5.80. The van der Waals surface area contributed by atoms with Crippen molar-refractivity contribution in [2.75, 3.05) is 0 Å². The number of halogens is 3. The van der Waals surface area contributed by atoms with Crippen molar-refractivity contribution < 1.29 is 13.5 Å². The van der Waals surface area contributed by atoms with E-state index >= 15 is 0 Å². The van der Waals surface area contributed by atoms with E-state index in [1.54, 1.807) is 19.1 Å². The van der Waals surface area contributed by atoms with Crippen LogP contribution < -0.4 is 10.5 Å². The van der Waals surface area contributed by atoms with Crippen molar-refractivity contribution in [2.24, 2.45) is 5.73 Å². The largest absolute Gasteiger partial charge is 0.486 e. The SMILES string of the molecule is CC(N)c1ccc(OCc2cccc(F)c2Cl)c(F)c1. The number of hydrogen-bond donors (Lipinski definition) is 1. The molecule has 0 bridgehead atoms. The minimum Gasteiger partial charge on any atom is -0.486 e. The number of nitrogens with two attached hydrogens (primary N) is 1. The Kier molecular flexibility index (Phi) is 4.57. The maximum Gasteiger partial charge on any atom is 0.165 e. The number of rotatable bonds is 4. The van der Waals surface area contributed by atoms with E-state index in [0.717, 1.165) is 0 Å². The molecule has 0 spiro atoms. The van der Waals surface area contributed by atoms with Crippen LogP contribution in [0.3, 0.4) is 0 Å². The highest BCUT2D eigenvalue weighted by molar-refractivity contribution is 6.31. The van der Waals surface area contributed by atoms with Gasteiger partial charge in [-0.2, -0.15) is 0 Å². The minimum absolute atomic E-state index is 0.00889. The Labute approximate surface area is 121 Å². The second kappa shape index (κ2) is 6.20. The summed E-state index contributed by atoms with van der Waals surface area (Å²) in [6, 6.07) is 8.67. The molecule has 0 radical (unpaired) electrons. The summed E-state index contributed by atoms with van der Waals surface area (Å²) in [7, 11) is 0. The zero-order valence-electron chi connectivity index (χ0n) is 10.9. The maximum atomic E-state index is 13.8. The fourth-order valence-corrected chi connectivity index (χ4v) is 1.91. The minimum atomic E-state index is -0.527. The van der Waals surface area contributed by atoms with Gasteiger partial charge in [0, 0.05) is 11.6 Å². The Balaban J connectivity index is 2.13. The third-order valence-electron chi connectivity index (χ3n) is 2.90.